The van der Waals surface area contributed by atoms with Gasteiger partial charge in [0.2, 0.25) is 0 Å². The van der Waals surface area contributed by atoms with Crippen LogP contribution < -0.4 is 25.6 Å². The highest BCUT2D eigenvalue weighted by molar-refractivity contribution is 8.05. The van der Waals surface area contributed by atoms with Gasteiger partial charge >= 0.3 is 6.85 Å². The van der Waals surface area contributed by atoms with Gasteiger partial charge in [-0.1, -0.05) is 190 Å². The maximum absolute atomic E-state index is 7.40. The van der Waals surface area contributed by atoms with Crippen molar-refractivity contribution in [3.8, 4) is 22.3 Å². The van der Waals surface area contributed by atoms with Crippen molar-refractivity contribution in [1.82, 2.24) is 4.48 Å². The Hall–Kier alpha value is -9.08. The van der Waals surface area contributed by atoms with E-state index in [4.69, 9.17) is 4.42 Å². The zero-order valence-electron chi connectivity index (χ0n) is 44.3. The largest absolute Gasteiger partial charge is 0.441 e. The van der Waals surface area contributed by atoms with Gasteiger partial charge < -0.3 is 23.6 Å². The summed E-state index contributed by atoms with van der Waals surface area (Å²) in [5.74, 6) is 0. The molecule has 0 amide bonds. The molecule has 5 nitrogen and oxygen atoms in total. The first-order chi connectivity index (χ1) is 39.3. The average molecular weight is 1060 g/mol. The topological polar surface area (TPSA) is 27.8 Å². The van der Waals surface area contributed by atoms with E-state index in [0.29, 0.717) is 0 Å². The van der Waals surface area contributed by atoms with Crippen LogP contribution in [0.5, 0.6) is 0 Å². The maximum Gasteiger partial charge on any atom is 0.336 e. The minimum absolute atomic E-state index is 0.0881. The number of furan rings is 1. The molecular formula is C72H51BN4OS2. The van der Waals surface area contributed by atoms with Gasteiger partial charge in [-0.25, -0.2) is 0 Å². The van der Waals surface area contributed by atoms with Crippen LogP contribution in [0.4, 0.5) is 51.2 Å². The SMILES string of the molecule is CC(C)(C)c1ccc(N2c3cc4c(cc3B3c5c(cc(N(c6ccccc6)c6ccccc6)cc52)-c2ccc(N(c5ccccc5)c5ccccc5)c5c6c7ccccc7oc6n3c25)Sc2ccccc2S4)c(-c2ccccc2)c1. The molecule has 0 fully saturated rings. The first-order valence-corrected chi connectivity index (χ1v) is 29.1. The van der Waals surface area contributed by atoms with Gasteiger partial charge in [0, 0.05) is 86.8 Å². The highest BCUT2D eigenvalue weighted by Crippen LogP contribution is 2.56. The highest BCUT2D eigenvalue weighted by Gasteiger charge is 2.46. The molecule has 0 atom stereocenters. The summed E-state index contributed by atoms with van der Waals surface area (Å²) in [6.07, 6.45) is 0. The lowest BCUT2D eigenvalue weighted by molar-refractivity contribution is 0.590. The van der Waals surface area contributed by atoms with Crippen molar-refractivity contribution >= 4 is 125 Å². The standard InChI is InChI=1S/C72H51BN4OS2/c1-72(2,3)47-37-39-58(55(41-47)46-23-9-4-10-24-46)76-60-45-66-65(79-63-35-21-22-36-64(63)80-66)44-57(60)73-69-56(42-52(43-61(69)76)74(48-25-11-5-12-26-48)49-27-13-6-14-28-49)53-38-40-59(75(50-29-15-7-16-30-50)51-31-17-8-18-32-51)68-67-54-33-19-20-34-62(54)78-71(67)77(73)70(53)68/h4-45H,1-3H3. The second-order valence-corrected chi connectivity index (χ2v) is 24.2. The molecule has 3 aliphatic rings. The van der Waals surface area contributed by atoms with E-state index in [0.717, 1.165) is 89.7 Å². The number of anilines is 9. The Kier molecular flexibility index (Phi) is 10.7. The number of fused-ring (bicyclic) bond motifs is 11. The summed E-state index contributed by atoms with van der Waals surface area (Å²) in [7, 11) is 0. The molecule has 0 aliphatic carbocycles. The summed E-state index contributed by atoms with van der Waals surface area (Å²) in [5, 5.41) is 3.36. The fraction of sp³-hybridized carbons (Fsp3) is 0.0556. The van der Waals surface area contributed by atoms with Gasteiger partial charge in [0.05, 0.1) is 16.8 Å². The Balaban J connectivity index is 1.08. The molecule has 0 spiro atoms. The molecule has 0 bridgehead atoms. The van der Waals surface area contributed by atoms with E-state index in [1.54, 1.807) is 0 Å². The molecule has 11 aromatic carbocycles. The molecule has 0 N–H and O–H groups in total. The summed E-state index contributed by atoms with van der Waals surface area (Å²) >= 11 is 3.75. The molecule has 0 radical (unpaired) electrons. The number of hydrogen-bond acceptors (Lipinski definition) is 6. The van der Waals surface area contributed by atoms with Crippen LogP contribution in [0.3, 0.4) is 0 Å². The third-order valence-electron chi connectivity index (χ3n) is 16.3. The van der Waals surface area contributed by atoms with Gasteiger partial charge in [-0.2, -0.15) is 0 Å². The number of para-hydroxylation sites is 5. The van der Waals surface area contributed by atoms with E-state index in [-0.39, 0.29) is 12.3 Å². The molecule has 380 valence electrons. The van der Waals surface area contributed by atoms with Crippen LogP contribution >= 0.6 is 23.5 Å². The number of hydrogen-bond donors (Lipinski definition) is 0. The molecule has 0 unspecified atom stereocenters. The molecule has 0 saturated carbocycles. The normalized spacial score (nSPS) is 13.0. The molecule has 8 heteroatoms. The smallest absolute Gasteiger partial charge is 0.336 e. The zero-order valence-corrected chi connectivity index (χ0v) is 46.0. The summed E-state index contributed by atoms with van der Waals surface area (Å²) in [6.45, 7) is 6.65. The molecule has 0 saturated heterocycles. The lowest BCUT2D eigenvalue weighted by Gasteiger charge is -2.42. The first kappa shape index (κ1) is 47.0. The lowest BCUT2D eigenvalue weighted by atomic mass is 9.45. The van der Waals surface area contributed by atoms with E-state index in [2.05, 4.69) is 295 Å². The quantitative estimate of drug-likeness (QED) is 0.141. The van der Waals surface area contributed by atoms with Crippen LogP contribution in [0, 0.1) is 0 Å². The molecule has 16 rings (SSSR count). The van der Waals surface area contributed by atoms with Gasteiger partial charge in [-0.3, -0.25) is 0 Å². The third-order valence-corrected chi connectivity index (χ3v) is 18.8. The van der Waals surface area contributed by atoms with Gasteiger partial charge in [0.1, 0.15) is 5.58 Å². The molecule has 13 aromatic rings. The van der Waals surface area contributed by atoms with Crippen molar-refractivity contribution in [1.29, 1.82) is 0 Å². The van der Waals surface area contributed by atoms with Crippen LogP contribution in [-0.2, 0) is 5.41 Å². The van der Waals surface area contributed by atoms with Crippen LogP contribution in [0.15, 0.2) is 279 Å². The monoisotopic (exact) mass is 1060 g/mol. The molecule has 3 aliphatic heterocycles. The van der Waals surface area contributed by atoms with Crippen molar-refractivity contribution in [3.05, 3.63) is 260 Å². The first-order valence-electron chi connectivity index (χ1n) is 27.4. The Morgan fingerprint density at radius 3 is 1.61 bits per heavy atom. The van der Waals surface area contributed by atoms with E-state index in [9.17, 15) is 0 Å². The Labute approximate surface area is 474 Å². The predicted octanol–water partition coefficient (Wildman–Crippen LogP) is 19.5. The summed E-state index contributed by atoms with van der Waals surface area (Å²) in [5.41, 5.74) is 21.1. The second-order valence-electron chi connectivity index (χ2n) is 22.0. The van der Waals surface area contributed by atoms with E-state index >= 15 is 0 Å². The fourth-order valence-electron chi connectivity index (χ4n) is 12.8. The molecule has 5 heterocycles. The van der Waals surface area contributed by atoms with Crippen LogP contribution in [0.2, 0.25) is 0 Å². The van der Waals surface area contributed by atoms with Crippen molar-refractivity contribution < 1.29 is 4.42 Å². The zero-order chi connectivity index (χ0) is 53.2. The van der Waals surface area contributed by atoms with Crippen LogP contribution in [-0.4, -0.2) is 11.3 Å². The predicted molar refractivity (Wildman–Crippen MR) is 338 cm³/mol. The third kappa shape index (κ3) is 7.29. The Morgan fingerprint density at radius 1 is 0.425 bits per heavy atom. The summed E-state index contributed by atoms with van der Waals surface area (Å²) in [4.78, 5) is 12.5. The van der Waals surface area contributed by atoms with E-state index in [1.807, 2.05) is 23.5 Å². The Bertz CT molecular complexity index is 4520. The van der Waals surface area contributed by atoms with Gasteiger partial charge in [-0.15, -0.1) is 0 Å². The second kappa shape index (κ2) is 18.2. The molecular weight excluding hydrogens is 1010 g/mol. The summed E-state index contributed by atoms with van der Waals surface area (Å²) < 4.78 is 9.99. The van der Waals surface area contributed by atoms with Gasteiger partial charge in [0.25, 0.3) is 0 Å². The number of benzene rings is 11. The van der Waals surface area contributed by atoms with Crippen LogP contribution in [0.1, 0.15) is 26.3 Å². The van der Waals surface area contributed by atoms with Gasteiger partial charge in [-0.05, 0) is 142 Å². The van der Waals surface area contributed by atoms with E-state index < -0.39 is 0 Å². The summed E-state index contributed by atoms with van der Waals surface area (Å²) in [6, 6.07) is 93.7. The van der Waals surface area contributed by atoms with Crippen molar-refractivity contribution in [3.63, 3.8) is 0 Å². The highest BCUT2D eigenvalue weighted by atomic mass is 32.2. The van der Waals surface area contributed by atoms with Gasteiger partial charge in [0.15, 0.2) is 5.71 Å². The Morgan fingerprint density at radius 2 is 0.988 bits per heavy atom. The van der Waals surface area contributed by atoms with Crippen molar-refractivity contribution in [2.24, 2.45) is 0 Å². The number of rotatable bonds is 8. The lowest BCUT2D eigenvalue weighted by Crippen LogP contribution is -2.56. The average Bonchev–Trinajstić information content (AvgIpc) is 2.64. The van der Waals surface area contributed by atoms with Crippen LogP contribution in [0.25, 0.3) is 55.2 Å². The number of aromatic nitrogens is 1. The minimum Gasteiger partial charge on any atom is -0.441 e. The van der Waals surface area contributed by atoms with Crippen molar-refractivity contribution in [2.45, 2.75) is 45.8 Å². The minimum atomic E-state index is -0.297. The molecule has 2 aromatic heterocycles. The number of nitrogens with zero attached hydrogens (tertiary/aromatic N) is 4. The molecule has 80 heavy (non-hydrogen) atoms. The fourth-order valence-corrected chi connectivity index (χ4v) is 15.0. The maximum atomic E-state index is 7.40. The van der Waals surface area contributed by atoms with Crippen molar-refractivity contribution in [2.75, 3.05) is 14.7 Å². The van der Waals surface area contributed by atoms with E-state index in [1.165, 1.54) is 52.8 Å².